The van der Waals surface area contributed by atoms with E-state index in [1.807, 2.05) is 0 Å². The van der Waals surface area contributed by atoms with Crippen LogP contribution in [0.3, 0.4) is 0 Å². The van der Waals surface area contributed by atoms with Gasteiger partial charge in [-0.25, -0.2) is 17.9 Å². The van der Waals surface area contributed by atoms with Gasteiger partial charge in [-0.3, -0.25) is 0 Å². The molecular weight excluding hydrogens is 290 g/mol. The molecule has 19 heavy (non-hydrogen) atoms. The third-order valence-electron chi connectivity index (χ3n) is 3.00. The quantitative estimate of drug-likeness (QED) is 0.851. The van der Waals surface area contributed by atoms with E-state index in [1.54, 1.807) is 0 Å². The predicted molar refractivity (Wildman–Crippen MR) is 70.0 cm³/mol. The summed E-state index contributed by atoms with van der Waals surface area (Å²) in [6.07, 6.45) is 1.68. The van der Waals surface area contributed by atoms with Crippen LogP contribution in [0.4, 0.5) is 0 Å². The van der Waals surface area contributed by atoms with Crippen molar-refractivity contribution in [3.8, 4) is 0 Å². The van der Waals surface area contributed by atoms with Crippen LogP contribution in [0, 0.1) is 5.92 Å². The highest BCUT2D eigenvalue weighted by atomic mass is 32.2. The van der Waals surface area contributed by atoms with Crippen molar-refractivity contribution in [1.82, 2.24) is 4.72 Å². The van der Waals surface area contributed by atoms with Gasteiger partial charge in [0.1, 0.15) is 4.88 Å². The first-order valence-electron chi connectivity index (χ1n) is 5.88. The summed E-state index contributed by atoms with van der Waals surface area (Å²) < 4.78 is 31.7. The molecule has 0 saturated carbocycles. The minimum absolute atomic E-state index is 0.0157. The zero-order valence-electron chi connectivity index (χ0n) is 10.2. The Labute approximate surface area is 115 Å². The van der Waals surface area contributed by atoms with Crippen molar-refractivity contribution in [2.45, 2.75) is 17.7 Å². The first-order valence-corrected chi connectivity index (χ1v) is 8.24. The summed E-state index contributed by atoms with van der Waals surface area (Å²) in [5.74, 6) is -0.836. The van der Waals surface area contributed by atoms with E-state index in [9.17, 15) is 13.2 Å². The van der Waals surface area contributed by atoms with Crippen LogP contribution in [0.1, 0.15) is 22.5 Å². The van der Waals surface area contributed by atoms with E-state index in [0.29, 0.717) is 19.8 Å². The van der Waals surface area contributed by atoms with Crippen LogP contribution in [-0.2, 0) is 14.8 Å². The highest BCUT2D eigenvalue weighted by Crippen LogP contribution is 2.20. The highest BCUT2D eigenvalue weighted by molar-refractivity contribution is 7.89. The smallest absolute Gasteiger partial charge is 0.345 e. The van der Waals surface area contributed by atoms with Crippen molar-refractivity contribution in [2.75, 3.05) is 19.8 Å². The maximum Gasteiger partial charge on any atom is 0.345 e. The maximum atomic E-state index is 12.0. The van der Waals surface area contributed by atoms with Crippen LogP contribution in [0.5, 0.6) is 0 Å². The Hall–Kier alpha value is -0.960. The van der Waals surface area contributed by atoms with E-state index in [-0.39, 0.29) is 15.7 Å². The number of nitrogens with one attached hydrogen (secondary N) is 1. The number of ether oxygens (including phenoxy) is 1. The van der Waals surface area contributed by atoms with Gasteiger partial charge in [0, 0.05) is 25.1 Å². The average molecular weight is 305 g/mol. The zero-order valence-corrected chi connectivity index (χ0v) is 11.8. The molecule has 0 spiro atoms. The second kappa shape index (κ2) is 6.00. The van der Waals surface area contributed by atoms with Crippen LogP contribution in [0.25, 0.3) is 0 Å². The number of carboxylic acid groups (broad SMARTS) is 1. The fourth-order valence-electron chi connectivity index (χ4n) is 1.83. The molecule has 0 amide bonds. The monoisotopic (exact) mass is 305 g/mol. The topological polar surface area (TPSA) is 92.7 Å². The number of thiophene rings is 1. The molecule has 8 heteroatoms. The summed E-state index contributed by atoms with van der Waals surface area (Å²) in [5.41, 5.74) is 0. The number of sulfonamides is 1. The minimum Gasteiger partial charge on any atom is -0.477 e. The molecule has 1 aromatic rings. The van der Waals surface area contributed by atoms with Crippen LogP contribution in [0.2, 0.25) is 0 Å². The van der Waals surface area contributed by atoms with Crippen LogP contribution >= 0.6 is 11.3 Å². The first kappa shape index (κ1) is 14.4. The molecule has 2 rings (SSSR count). The molecule has 0 aromatic carbocycles. The molecule has 1 fully saturated rings. The Bertz CT molecular complexity index is 545. The Morgan fingerprint density at radius 3 is 2.74 bits per heavy atom. The van der Waals surface area contributed by atoms with Gasteiger partial charge in [-0.15, -0.1) is 11.3 Å². The zero-order chi connectivity index (χ0) is 13.9. The lowest BCUT2D eigenvalue weighted by molar-refractivity contribution is 0.0677. The summed E-state index contributed by atoms with van der Waals surface area (Å²) in [6, 6.07) is 1.18. The highest BCUT2D eigenvalue weighted by Gasteiger charge is 2.21. The molecule has 0 unspecified atom stereocenters. The molecule has 2 N–H and O–H groups in total. The molecule has 1 aliphatic heterocycles. The van der Waals surface area contributed by atoms with Gasteiger partial charge in [0.05, 0.1) is 4.90 Å². The van der Waals surface area contributed by atoms with Gasteiger partial charge in [0.25, 0.3) is 0 Å². The first-order chi connectivity index (χ1) is 8.99. The molecule has 0 radical (unpaired) electrons. The average Bonchev–Trinajstić information content (AvgIpc) is 2.88. The second-order valence-electron chi connectivity index (χ2n) is 4.36. The van der Waals surface area contributed by atoms with E-state index in [2.05, 4.69) is 4.72 Å². The molecule has 0 atom stereocenters. The van der Waals surface area contributed by atoms with Crippen molar-refractivity contribution < 1.29 is 23.1 Å². The summed E-state index contributed by atoms with van der Waals surface area (Å²) >= 11 is 0.907. The molecule has 0 aliphatic carbocycles. The summed E-state index contributed by atoms with van der Waals surface area (Å²) in [7, 11) is -3.62. The van der Waals surface area contributed by atoms with Crippen molar-refractivity contribution in [3.05, 3.63) is 16.3 Å². The van der Waals surface area contributed by atoms with Gasteiger partial charge >= 0.3 is 5.97 Å². The molecule has 0 bridgehead atoms. The van der Waals surface area contributed by atoms with Crippen LogP contribution in [0.15, 0.2) is 16.3 Å². The third-order valence-corrected chi connectivity index (χ3v) is 5.47. The van der Waals surface area contributed by atoms with Crippen molar-refractivity contribution in [3.63, 3.8) is 0 Å². The lowest BCUT2D eigenvalue weighted by Gasteiger charge is -2.21. The normalized spacial score (nSPS) is 17.5. The van der Waals surface area contributed by atoms with E-state index in [1.165, 1.54) is 11.4 Å². The van der Waals surface area contributed by atoms with Crippen molar-refractivity contribution in [2.24, 2.45) is 5.92 Å². The summed E-state index contributed by atoms with van der Waals surface area (Å²) in [5, 5.41) is 10.1. The molecular formula is C11H15NO5S2. The summed E-state index contributed by atoms with van der Waals surface area (Å²) in [6.45, 7) is 1.69. The number of rotatable bonds is 5. The minimum atomic E-state index is -3.62. The lowest BCUT2D eigenvalue weighted by atomic mass is 10.0. The second-order valence-corrected chi connectivity index (χ2v) is 7.04. The van der Waals surface area contributed by atoms with Gasteiger partial charge in [-0.1, -0.05) is 0 Å². The third kappa shape index (κ3) is 3.75. The van der Waals surface area contributed by atoms with Gasteiger partial charge < -0.3 is 9.84 Å². The number of carbonyl (C=O) groups is 1. The van der Waals surface area contributed by atoms with Gasteiger partial charge in [0.15, 0.2) is 0 Å². The number of hydrogen-bond acceptors (Lipinski definition) is 5. The number of aromatic carboxylic acids is 1. The molecule has 1 aliphatic rings. The molecule has 6 nitrogen and oxygen atoms in total. The SMILES string of the molecule is O=C(O)c1cc(S(=O)(=O)NCC2CCOCC2)cs1. The van der Waals surface area contributed by atoms with Gasteiger partial charge in [-0.05, 0) is 24.8 Å². The van der Waals surface area contributed by atoms with E-state index < -0.39 is 16.0 Å². The molecule has 1 aromatic heterocycles. The fraction of sp³-hybridized carbons (Fsp3) is 0.545. The number of carboxylic acids is 1. The van der Waals surface area contributed by atoms with Crippen molar-refractivity contribution in [1.29, 1.82) is 0 Å². The molecule has 1 saturated heterocycles. The lowest BCUT2D eigenvalue weighted by Crippen LogP contribution is -2.32. The maximum absolute atomic E-state index is 12.0. The predicted octanol–water partition coefficient (Wildman–Crippen LogP) is 1.15. The largest absolute Gasteiger partial charge is 0.477 e. The summed E-state index contributed by atoms with van der Waals surface area (Å²) in [4.78, 5) is 10.8. The van der Waals surface area contributed by atoms with E-state index in [4.69, 9.17) is 9.84 Å². The van der Waals surface area contributed by atoms with E-state index in [0.717, 1.165) is 24.2 Å². The Morgan fingerprint density at radius 1 is 1.47 bits per heavy atom. The van der Waals surface area contributed by atoms with Crippen LogP contribution in [-0.4, -0.2) is 39.3 Å². The van der Waals surface area contributed by atoms with Crippen LogP contribution < -0.4 is 4.72 Å². The van der Waals surface area contributed by atoms with Gasteiger partial charge in [0.2, 0.25) is 10.0 Å². The fourth-order valence-corrected chi connectivity index (χ4v) is 4.06. The van der Waals surface area contributed by atoms with E-state index >= 15 is 0 Å². The Kier molecular flexibility index (Phi) is 4.56. The Morgan fingerprint density at radius 2 is 2.16 bits per heavy atom. The Balaban J connectivity index is 1.98. The number of hydrogen-bond donors (Lipinski definition) is 2. The molecule has 2 heterocycles. The standard InChI is InChI=1S/C11H15NO5S2/c13-11(14)10-5-9(7-18-10)19(15,16)12-6-8-1-3-17-4-2-8/h5,7-8,12H,1-4,6H2,(H,13,14). The molecule has 106 valence electrons. The van der Waals surface area contributed by atoms with Gasteiger partial charge in [-0.2, -0.15) is 0 Å². The van der Waals surface area contributed by atoms with Crippen molar-refractivity contribution >= 4 is 27.3 Å².